The second-order valence-corrected chi connectivity index (χ2v) is 8.23. The Hall–Kier alpha value is -2.74. The second-order valence-electron chi connectivity index (χ2n) is 7.83. The van der Waals surface area contributed by atoms with Crippen molar-refractivity contribution < 1.29 is 0 Å². The number of fused-ring (bicyclic) bond motifs is 1. The van der Waals surface area contributed by atoms with Gasteiger partial charge in [0.2, 0.25) is 0 Å². The van der Waals surface area contributed by atoms with Crippen molar-refractivity contribution in [2.45, 2.75) is 12.8 Å². The Kier molecular flexibility index (Phi) is 6.89. The molecule has 0 unspecified atom stereocenters. The Morgan fingerprint density at radius 3 is 2.56 bits per heavy atom. The summed E-state index contributed by atoms with van der Waals surface area (Å²) in [7, 11) is 2.15. The molecule has 1 fully saturated rings. The number of halogens is 2. The first-order valence-corrected chi connectivity index (χ1v) is 10.9. The average molecular weight is 470 g/mol. The van der Waals surface area contributed by atoms with Gasteiger partial charge < -0.3 is 9.80 Å². The number of likely N-dealkylation sites (N-methyl/N-ethyl adjacent to an activating group) is 1. The second kappa shape index (κ2) is 9.81. The van der Waals surface area contributed by atoms with Crippen molar-refractivity contribution in [2.24, 2.45) is 0 Å². The predicted octanol–water partition coefficient (Wildman–Crippen LogP) is 3.80. The minimum atomic E-state index is 0. The van der Waals surface area contributed by atoms with Crippen molar-refractivity contribution in [2.75, 3.05) is 38.1 Å². The zero-order valence-electron chi connectivity index (χ0n) is 17.9. The molecule has 0 atom stereocenters. The van der Waals surface area contributed by atoms with Crippen LogP contribution in [0.3, 0.4) is 0 Å². The summed E-state index contributed by atoms with van der Waals surface area (Å²) in [6.45, 7) is 3.95. The zero-order valence-corrected chi connectivity index (χ0v) is 19.4. The van der Waals surface area contributed by atoms with Crippen LogP contribution in [0.1, 0.15) is 11.4 Å². The molecule has 9 heteroatoms. The number of nitrogens with zero attached hydrogens (tertiary/aromatic N) is 7. The molecule has 166 valence electrons. The molecule has 0 N–H and O–H groups in total. The first-order valence-electron chi connectivity index (χ1n) is 10.5. The van der Waals surface area contributed by atoms with Crippen LogP contribution in [0.25, 0.3) is 17.0 Å². The minimum Gasteiger partial charge on any atom is -0.351 e. The SMILES string of the molecule is CN1CCN(c2nccn3c(-c4ccnc(CCc5ccccc5Cl)n4)cnc23)CC1.Cl. The average Bonchev–Trinajstić information content (AvgIpc) is 3.24. The fourth-order valence-electron chi connectivity index (χ4n) is 3.95. The molecule has 4 aromatic rings. The highest BCUT2D eigenvalue weighted by Gasteiger charge is 2.20. The molecule has 1 aliphatic heterocycles. The Morgan fingerprint density at radius 2 is 1.75 bits per heavy atom. The number of piperazine rings is 1. The molecule has 0 aliphatic carbocycles. The van der Waals surface area contributed by atoms with Crippen molar-refractivity contribution in [1.29, 1.82) is 0 Å². The summed E-state index contributed by atoms with van der Waals surface area (Å²) in [4.78, 5) is 23.2. The molecule has 5 rings (SSSR count). The highest BCUT2D eigenvalue weighted by Crippen LogP contribution is 2.25. The Bertz CT molecular complexity index is 1200. The number of aryl methyl sites for hydroxylation is 2. The van der Waals surface area contributed by atoms with Crippen LogP contribution in [0.4, 0.5) is 5.82 Å². The van der Waals surface area contributed by atoms with E-state index in [0.29, 0.717) is 0 Å². The largest absolute Gasteiger partial charge is 0.351 e. The Morgan fingerprint density at radius 1 is 0.938 bits per heavy atom. The predicted molar refractivity (Wildman–Crippen MR) is 130 cm³/mol. The summed E-state index contributed by atoms with van der Waals surface area (Å²) in [5.74, 6) is 1.72. The normalized spacial score (nSPS) is 14.5. The van der Waals surface area contributed by atoms with Gasteiger partial charge in [0.15, 0.2) is 11.5 Å². The van der Waals surface area contributed by atoms with E-state index in [1.165, 1.54) is 0 Å². The molecular formula is C23H25Cl2N7. The van der Waals surface area contributed by atoms with Gasteiger partial charge >= 0.3 is 0 Å². The Labute approximate surface area is 198 Å². The third kappa shape index (κ3) is 4.55. The molecule has 4 heterocycles. The van der Waals surface area contributed by atoms with Crippen molar-refractivity contribution in [3.8, 4) is 11.4 Å². The van der Waals surface area contributed by atoms with E-state index in [9.17, 15) is 0 Å². The van der Waals surface area contributed by atoms with Crippen molar-refractivity contribution in [3.63, 3.8) is 0 Å². The third-order valence-electron chi connectivity index (χ3n) is 5.76. The fraction of sp³-hybridized carbons (Fsp3) is 0.304. The maximum atomic E-state index is 6.29. The smallest absolute Gasteiger partial charge is 0.180 e. The molecule has 1 aliphatic rings. The van der Waals surface area contributed by atoms with Crippen molar-refractivity contribution in [3.05, 3.63) is 71.5 Å². The van der Waals surface area contributed by atoms with Crippen LogP contribution < -0.4 is 4.90 Å². The van der Waals surface area contributed by atoms with Gasteiger partial charge in [0.05, 0.1) is 17.6 Å². The molecule has 3 aromatic heterocycles. The van der Waals surface area contributed by atoms with Crippen LogP contribution >= 0.6 is 24.0 Å². The van der Waals surface area contributed by atoms with Crippen LogP contribution in [-0.2, 0) is 12.8 Å². The van der Waals surface area contributed by atoms with E-state index in [4.69, 9.17) is 21.6 Å². The van der Waals surface area contributed by atoms with Gasteiger partial charge in [0.25, 0.3) is 0 Å². The molecule has 0 amide bonds. The first-order chi connectivity index (χ1) is 15.2. The van der Waals surface area contributed by atoms with Gasteiger partial charge in [0, 0.05) is 56.2 Å². The fourth-order valence-corrected chi connectivity index (χ4v) is 4.18. The molecule has 1 aromatic carbocycles. The molecule has 0 radical (unpaired) electrons. The first kappa shape index (κ1) is 22.5. The molecular weight excluding hydrogens is 445 g/mol. The molecule has 0 bridgehead atoms. The lowest BCUT2D eigenvalue weighted by atomic mass is 10.1. The standard InChI is InChI=1S/C23H24ClN7.ClH/c1-29-12-14-30(15-13-29)22-23-27-16-20(31(23)11-10-26-22)19-8-9-25-21(28-19)7-6-17-4-2-3-5-18(17)24;/h2-5,8-11,16H,6-7,12-15H2,1H3;1H. The summed E-state index contributed by atoms with van der Waals surface area (Å²) in [6.07, 6.45) is 8.99. The number of hydrogen-bond donors (Lipinski definition) is 0. The zero-order chi connectivity index (χ0) is 21.2. The van der Waals surface area contributed by atoms with E-state index < -0.39 is 0 Å². The lowest BCUT2D eigenvalue weighted by Gasteiger charge is -2.33. The number of aromatic nitrogens is 5. The lowest BCUT2D eigenvalue weighted by molar-refractivity contribution is 0.312. The van der Waals surface area contributed by atoms with Crippen LogP contribution in [0.15, 0.2) is 55.1 Å². The summed E-state index contributed by atoms with van der Waals surface area (Å²) in [5.41, 5.74) is 3.76. The highest BCUT2D eigenvalue weighted by molar-refractivity contribution is 6.31. The van der Waals surface area contributed by atoms with Gasteiger partial charge in [-0.15, -0.1) is 12.4 Å². The van der Waals surface area contributed by atoms with Gasteiger partial charge in [-0.3, -0.25) is 4.40 Å². The van der Waals surface area contributed by atoms with Crippen LogP contribution in [0, 0.1) is 0 Å². The summed E-state index contributed by atoms with van der Waals surface area (Å²) in [6, 6.07) is 9.84. The van der Waals surface area contributed by atoms with Gasteiger partial charge in [0.1, 0.15) is 5.82 Å². The molecule has 0 saturated carbocycles. The van der Waals surface area contributed by atoms with Gasteiger partial charge in [-0.05, 0) is 31.2 Å². The van der Waals surface area contributed by atoms with Crippen LogP contribution in [0.5, 0.6) is 0 Å². The van der Waals surface area contributed by atoms with Crippen LogP contribution in [-0.4, -0.2) is 62.5 Å². The van der Waals surface area contributed by atoms with E-state index in [1.807, 2.05) is 55.1 Å². The molecule has 7 nitrogen and oxygen atoms in total. The number of benzene rings is 1. The third-order valence-corrected chi connectivity index (χ3v) is 6.12. The van der Waals surface area contributed by atoms with E-state index in [2.05, 4.69) is 31.2 Å². The number of rotatable bonds is 5. The van der Waals surface area contributed by atoms with Gasteiger partial charge in [-0.2, -0.15) is 0 Å². The van der Waals surface area contributed by atoms with Crippen molar-refractivity contribution >= 4 is 35.5 Å². The minimum absolute atomic E-state index is 0. The van der Waals surface area contributed by atoms with E-state index in [-0.39, 0.29) is 12.4 Å². The summed E-state index contributed by atoms with van der Waals surface area (Å²) < 4.78 is 2.07. The number of anilines is 1. The maximum Gasteiger partial charge on any atom is 0.180 e. The lowest BCUT2D eigenvalue weighted by Crippen LogP contribution is -2.45. The molecule has 32 heavy (non-hydrogen) atoms. The van der Waals surface area contributed by atoms with Crippen LogP contribution in [0.2, 0.25) is 5.02 Å². The van der Waals surface area contributed by atoms with E-state index in [1.54, 1.807) is 0 Å². The Balaban J connectivity index is 0.00000245. The number of hydrogen-bond acceptors (Lipinski definition) is 6. The topological polar surface area (TPSA) is 62.5 Å². The summed E-state index contributed by atoms with van der Waals surface area (Å²) in [5, 5.41) is 0.782. The van der Waals surface area contributed by atoms with Gasteiger partial charge in [-0.25, -0.2) is 19.9 Å². The quantitative estimate of drug-likeness (QED) is 0.442. The van der Waals surface area contributed by atoms with E-state index in [0.717, 1.165) is 78.3 Å². The van der Waals surface area contributed by atoms with Crippen molar-refractivity contribution in [1.82, 2.24) is 29.2 Å². The van der Waals surface area contributed by atoms with Gasteiger partial charge in [-0.1, -0.05) is 29.8 Å². The highest BCUT2D eigenvalue weighted by atomic mass is 35.5. The monoisotopic (exact) mass is 469 g/mol. The molecule has 1 saturated heterocycles. The van der Waals surface area contributed by atoms with E-state index >= 15 is 0 Å². The number of imidazole rings is 1. The summed E-state index contributed by atoms with van der Waals surface area (Å²) >= 11 is 6.29. The maximum absolute atomic E-state index is 6.29. The molecule has 0 spiro atoms.